The highest BCUT2D eigenvalue weighted by Crippen LogP contribution is 2.31. The van der Waals surface area contributed by atoms with E-state index in [1.807, 2.05) is 20.0 Å². The molecule has 2 fully saturated rings. The number of sulfonamides is 1. The second kappa shape index (κ2) is 8.11. The molecule has 0 bridgehead atoms. The third kappa shape index (κ3) is 4.11. The Hall–Kier alpha value is -2.68. The van der Waals surface area contributed by atoms with Crippen LogP contribution in [0.3, 0.4) is 0 Å². The second-order valence-electron chi connectivity index (χ2n) is 8.35. The number of amides is 1. The standard InChI is InChI=1S/C22H27FN4O3S/c1-15-12-16(2)21(24-14-15)25-7-9-26(10-8-25)22(28)18-4-5-20(19(23)13-18)27-17(3)6-11-31(27,29)30/h4-5,12-14,17H,6-11H2,1-3H3/t17-/m1/s1. The van der Waals surface area contributed by atoms with E-state index >= 15 is 0 Å². The van der Waals surface area contributed by atoms with Crippen LogP contribution >= 0.6 is 0 Å². The molecule has 3 heterocycles. The SMILES string of the molecule is Cc1cnc(N2CCN(C(=O)c3ccc(N4[C@H](C)CCS4(=O)=O)c(F)c3)CC2)c(C)c1. The zero-order valence-corrected chi connectivity index (χ0v) is 18.8. The summed E-state index contributed by atoms with van der Waals surface area (Å²) >= 11 is 0. The highest BCUT2D eigenvalue weighted by Gasteiger charge is 2.36. The third-order valence-electron chi connectivity index (χ3n) is 5.98. The van der Waals surface area contributed by atoms with Gasteiger partial charge >= 0.3 is 0 Å². The van der Waals surface area contributed by atoms with Gasteiger partial charge in [-0.3, -0.25) is 9.10 Å². The van der Waals surface area contributed by atoms with Gasteiger partial charge in [-0.15, -0.1) is 0 Å². The first-order valence-corrected chi connectivity index (χ1v) is 12.1. The lowest BCUT2D eigenvalue weighted by Crippen LogP contribution is -2.49. The smallest absolute Gasteiger partial charge is 0.254 e. The van der Waals surface area contributed by atoms with Gasteiger partial charge in [0.2, 0.25) is 10.0 Å². The maximum absolute atomic E-state index is 14.8. The summed E-state index contributed by atoms with van der Waals surface area (Å²) < 4.78 is 40.5. The van der Waals surface area contributed by atoms with Gasteiger partial charge in [0.15, 0.2) is 0 Å². The Morgan fingerprint density at radius 1 is 1.13 bits per heavy atom. The molecule has 2 aliphatic rings. The average molecular weight is 447 g/mol. The summed E-state index contributed by atoms with van der Waals surface area (Å²) in [5.41, 5.74) is 2.44. The molecule has 1 atom stereocenters. The Labute approximate surface area is 182 Å². The fraction of sp³-hybridized carbons (Fsp3) is 0.455. The van der Waals surface area contributed by atoms with Crippen LogP contribution in [-0.4, -0.2) is 62.2 Å². The van der Waals surface area contributed by atoms with Crippen LogP contribution in [0.2, 0.25) is 0 Å². The predicted octanol–water partition coefficient (Wildman–Crippen LogP) is 2.73. The van der Waals surface area contributed by atoms with Crippen molar-refractivity contribution in [3.8, 4) is 0 Å². The number of piperazine rings is 1. The molecule has 1 aromatic heterocycles. The number of aromatic nitrogens is 1. The molecule has 0 unspecified atom stereocenters. The van der Waals surface area contributed by atoms with Crippen molar-refractivity contribution in [3.63, 3.8) is 0 Å². The molecule has 0 N–H and O–H groups in total. The number of benzene rings is 1. The van der Waals surface area contributed by atoms with E-state index < -0.39 is 15.8 Å². The van der Waals surface area contributed by atoms with Gasteiger partial charge < -0.3 is 9.80 Å². The van der Waals surface area contributed by atoms with Gasteiger partial charge in [-0.05, 0) is 56.5 Å². The first-order valence-electron chi connectivity index (χ1n) is 10.5. The van der Waals surface area contributed by atoms with E-state index in [1.54, 1.807) is 11.8 Å². The first kappa shape index (κ1) is 21.5. The van der Waals surface area contributed by atoms with Crippen molar-refractivity contribution in [2.24, 2.45) is 0 Å². The molecule has 0 spiro atoms. The first-order chi connectivity index (χ1) is 14.7. The molecule has 0 saturated carbocycles. The largest absolute Gasteiger partial charge is 0.353 e. The number of halogens is 1. The van der Waals surface area contributed by atoms with Crippen molar-refractivity contribution in [2.45, 2.75) is 33.2 Å². The number of hydrogen-bond donors (Lipinski definition) is 0. The molecular formula is C22H27FN4O3S. The molecule has 1 amide bonds. The minimum Gasteiger partial charge on any atom is -0.353 e. The quantitative estimate of drug-likeness (QED) is 0.725. The lowest BCUT2D eigenvalue weighted by molar-refractivity contribution is 0.0746. The molecular weight excluding hydrogens is 419 g/mol. The van der Waals surface area contributed by atoms with Crippen LogP contribution in [0.4, 0.5) is 15.9 Å². The third-order valence-corrected chi connectivity index (χ3v) is 7.89. The number of rotatable bonds is 3. The van der Waals surface area contributed by atoms with Gasteiger partial charge in [0.05, 0.1) is 11.4 Å². The van der Waals surface area contributed by atoms with Crippen LogP contribution in [-0.2, 0) is 10.0 Å². The van der Waals surface area contributed by atoms with E-state index in [4.69, 9.17) is 0 Å². The van der Waals surface area contributed by atoms with Crippen molar-refractivity contribution in [1.29, 1.82) is 0 Å². The van der Waals surface area contributed by atoms with Crippen molar-refractivity contribution in [1.82, 2.24) is 9.88 Å². The second-order valence-corrected chi connectivity index (χ2v) is 10.3. The zero-order valence-electron chi connectivity index (χ0n) is 18.0. The summed E-state index contributed by atoms with van der Waals surface area (Å²) in [5.74, 6) is -0.0141. The van der Waals surface area contributed by atoms with Gasteiger partial charge in [-0.1, -0.05) is 6.07 Å². The van der Waals surface area contributed by atoms with E-state index in [-0.39, 0.29) is 29.0 Å². The van der Waals surface area contributed by atoms with Crippen LogP contribution in [0.1, 0.15) is 34.8 Å². The van der Waals surface area contributed by atoms with Crippen LogP contribution in [0, 0.1) is 19.7 Å². The fourth-order valence-corrected chi connectivity index (χ4v) is 6.30. The van der Waals surface area contributed by atoms with Crippen molar-refractivity contribution in [2.75, 3.05) is 41.1 Å². The monoisotopic (exact) mass is 446 g/mol. The van der Waals surface area contributed by atoms with Gasteiger partial charge in [-0.25, -0.2) is 17.8 Å². The number of aryl methyl sites for hydroxylation is 2. The molecule has 0 radical (unpaired) electrons. The molecule has 9 heteroatoms. The summed E-state index contributed by atoms with van der Waals surface area (Å²) in [6.45, 7) is 8.10. The maximum atomic E-state index is 14.8. The summed E-state index contributed by atoms with van der Waals surface area (Å²) in [4.78, 5) is 21.3. The maximum Gasteiger partial charge on any atom is 0.254 e. The van der Waals surface area contributed by atoms with Gasteiger partial charge in [0.1, 0.15) is 11.6 Å². The highest BCUT2D eigenvalue weighted by atomic mass is 32.2. The Morgan fingerprint density at radius 3 is 2.42 bits per heavy atom. The number of pyridine rings is 1. The van der Waals surface area contributed by atoms with Crippen molar-refractivity contribution >= 4 is 27.4 Å². The highest BCUT2D eigenvalue weighted by molar-refractivity contribution is 7.93. The lowest BCUT2D eigenvalue weighted by Gasteiger charge is -2.36. The number of carbonyl (C=O) groups excluding carboxylic acids is 1. The Bertz CT molecular complexity index is 1110. The minimum atomic E-state index is -3.52. The molecule has 7 nitrogen and oxygen atoms in total. The van der Waals surface area contributed by atoms with Gasteiger partial charge in [0.25, 0.3) is 5.91 Å². The summed E-state index contributed by atoms with van der Waals surface area (Å²) in [5, 5.41) is 0. The molecule has 166 valence electrons. The molecule has 2 aromatic rings. The predicted molar refractivity (Wildman–Crippen MR) is 119 cm³/mol. The van der Waals surface area contributed by atoms with Crippen LogP contribution in [0.15, 0.2) is 30.5 Å². The number of nitrogens with zero attached hydrogens (tertiary/aromatic N) is 4. The molecule has 0 aliphatic carbocycles. The minimum absolute atomic E-state index is 0.00675. The normalized spacial score (nSPS) is 20.9. The van der Waals surface area contributed by atoms with E-state index in [2.05, 4.69) is 16.0 Å². The number of anilines is 2. The summed E-state index contributed by atoms with van der Waals surface area (Å²) in [6.07, 6.45) is 2.30. The number of carbonyl (C=O) groups is 1. The Balaban J connectivity index is 1.46. The molecule has 1 aromatic carbocycles. The molecule has 2 aliphatic heterocycles. The van der Waals surface area contributed by atoms with Gasteiger partial charge in [0, 0.05) is 44.0 Å². The van der Waals surface area contributed by atoms with E-state index in [0.717, 1.165) is 27.3 Å². The topological polar surface area (TPSA) is 73.8 Å². The van der Waals surface area contributed by atoms with Gasteiger partial charge in [-0.2, -0.15) is 0 Å². The Kier molecular flexibility index (Phi) is 5.63. The Morgan fingerprint density at radius 2 is 1.84 bits per heavy atom. The van der Waals surface area contributed by atoms with Crippen molar-refractivity contribution < 1.29 is 17.6 Å². The average Bonchev–Trinajstić information content (AvgIpc) is 3.00. The van der Waals surface area contributed by atoms with Crippen LogP contribution in [0.5, 0.6) is 0 Å². The van der Waals surface area contributed by atoms with Crippen LogP contribution in [0.25, 0.3) is 0 Å². The fourth-order valence-electron chi connectivity index (χ4n) is 4.36. The van der Waals surface area contributed by atoms with Crippen LogP contribution < -0.4 is 9.21 Å². The van der Waals surface area contributed by atoms with E-state index in [9.17, 15) is 17.6 Å². The molecule has 31 heavy (non-hydrogen) atoms. The van der Waals surface area contributed by atoms with Crippen molar-refractivity contribution in [3.05, 3.63) is 53.0 Å². The summed E-state index contributed by atoms with van der Waals surface area (Å²) in [6, 6.07) is 5.85. The van der Waals surface area contributed by atoms with E-state index in [0.29, 0.717) is 32.6 Å². The zero-order chi connectivity index (χ0) is 22.3. The van der Waals surface area contributed by atoms with E-state index in [1.165, 1.54) is 12.1 Å². The number of hydrogen-bond acceptors (Lipinski definition) is 5. The lowest BCUT2D eigenvalue weighted by atomic mass is 10.1. The molecule has 2 saturated heterocycles. The molecule has 4 rings (SSSR count). The summed E-state index contributed by atoms with van der Waals surface area (Å²) in [7, 11) is -3.52.